The molecule has 0 fully saturated rings. The number of aromatic hydroxyl groups is 1. The molecule has 0 bridgehead atoms. The van der Waals surface area contributed by atoms with Crippen molar-refractivity contribution in [2.45, 2.75) is 39.2 Å². The Morgan fingerprint density at radius 3 is 2.23 bits per heavy atom. The van der Waals surface area contributed by atoms with Crippen LogP contribution in [-0.4, -0.2) is 35.8 Å². The van der Waals surface area contributed by atoms with Crippen LogP contribution in [0, 0.1) is 0 Å². The number of carbonyl (C=O) groups is 2. The molecule has 2 amide bonds. The van der Waals surface area contributed by atoms with Gasteiger partial charge in [0.25, 0.3) is 0 Å². The number of hydrogen-bond donors (Lipinski definition) is 3. The van der Waals surface area contributed by atoms with Crippen LogP contribution >= 0.6 is 0 Å². The molecule has 3 N–H and O–H groups in total. The fourth-order valence-electron chi connectivity index (χ4n) is 1.73. The van der Waals surface area contributed by atoms with Gasteiger partial charge in [-0.3, -0.25) is 4.79 Å². The molecule has 122 valence electrons. The monoisotopic (exact) mass is 308 g/mol. The van der Waals surface area contributed by atoms with E-state index in [0.29, 0.717) is 13.1 Å². The number of benzene rings is 1. The summed E-state index contributed by atoms with van der Waals surface area (Å²) in [7, 11) is 0. The molecule has 6 nitrogen and oxygen atoms in total. The average Bonchev–Trinajstić information content (AvgIpc) is 2.41. The number of ether oxygens (including phenoxy) is 1. The van der Waals surface area contributed by atoms with Gasteiger partial charge >= 0.3 is 6.09 Å². The zero-order valence-corrected chi connectivity index (χ0v) is 13.5. The van der Waals surface area contributed by atoms with Crippen molar-refractivity contribution in [2.75, 3.05) is 13.1 Å². The lowest BCUT2D eigenvalue weighted by molar-refractivity contribution is -0.122. The van der Waals surface area contributed by atoms with Gasteiger partial charge in [0.15, 0.2) is 0 Å². The minimum Gasteiger partial charge on any atom is -0.508 e. The summed E-state index contributed by atoms with van der Waals surface area (Å²) in [5.41, 5.74) is 0.274. The van der Waals surface area contributed by atoms with Crippen molar-refractivity contribution in [3.63, 3.8) is 0 Å². The summed E-state index contributed by atoms with van der Waals surface area (Å²) in [6, 6.07) is 6.50. The topological polar surface area (TPSA) is 87.7 Å². The van der Waals surface area contributed by atoms with Gasteiger partial charge in [-0.1, -0.05) is 12.1 Å². The average molecular weight is 308 g/mol. The summed E-state index contributed by atoms with van der Waals surface area (Å²) >= 11 is 0. The van der Waals surface area contributed by atoms with Gasteiger partial charge in [-0.05, 0) is 45.4 Å². The summed E-state index contributed by atoms with van der Waals surface area (Å²) in [5.74, 6) is -0.309. The van der Waals surface area contributed by atoms with Crippen LogP contribution in [0.1, 0.15) is 39.2 Å². The summed E-state index contributed by atoms with van der Waals surface area (Å²) in [6.07, 6.45) is -0.506. The maximum Gasteiger partial charge on any atom is 0.407 e. The van der Waals surface area contributed by atoms with Gasteiger partial charge in [-0.15, -0.1) is 0 Å². The first-order valence-corrected chi connectivity index (χ1v) is 7.22. The molecule has 1 aromatic carbocycles. The third-order valence-corrected chi connectivity index (χ3v) is 2.88. The lowest BCUT2D eigenvalue weighted by Crippen LogP contribution is -2.38. The van der Waals surface area contributed by atoms with Gasteiger partial charge in [-0.25, -0.2) is 4.79 Å². The Morgan fingerprint density at radius 2 is 1.68 bits per heavy atom. The number of nitrogens with one attached hydrogen (secondary N) is 2. The van der Waals surface area contributed by atoms with Gasteiger partial charge in [0.05, 0.1) is 5.92 Å². The SMILES string of the molecule is CC(C(=O)NCCNC(=O)OC(C)(C)C)c1ccc(O)cc1. The zero-order valence-electron chi connectivity index (χ0n) is 13.5. The second kappa shape index (κ2) is 7.68. The van der Waals surface area contributed by atoms with Crippen LogP contribution in [0.5, 0.6) is 5.75 Å². The molecule has 6 heteroatoms. The van der Waals surface area contributed by atoms with Crippen LogP contribution in [0.15, 0.2) is 24.3 Å². The van der Waals surface area contributed by atoms with E-state index in [2.05, 4.69) is 10.6 Å². The van der Waals surface area contributed by atoms with Crippen molar-refractivity contribution in [1.29, 1.82) is 0 Å². The minimum absolute atomic E-state index is 0.142. The molecule has 0 saturated heterocycles. The number of amides is 2. The van der Waals surface area contributed by atoms with Gasteiger partial charge < -0.3 is 20.5 Å². The third kappa shape index (κ3) is 6.47. The lowest BCUT2D eigenvalue weighted by Gasteiger charge is -2.19. The normalized spacial score (nSPS) is 12.4. The molecule has 0 radical (unpaired) electrons. The minimum atomic E-state index is -0.541. The highest BCUT2D eigenvalue weighted by molar-refractivity contribution is 5.83. The van der Waals surface area contributed by atoms with Crippen LogP contribution in [0.3, 0.4) is 0 Å². The van der Waals surface area contributed by atoms with E-state index >= 15 is 0 Å². The molecular weight excluding hydrogens is 284 g/mol. The number of hydrogen-bond acceptors (Lipinski definition) is 4. The smallest absolute Gasteiger partial charge is 0.407 e. The summed E-state index contributed by atoms with van der Waals surface area (Å²) in [6.45, 7) is 7.75. The summed E-state index contributed by atoms with van der Waals surface area (Å²) in [4.78, 5) is 23.4. The van der Waals surface area contributed by atoms with E-state index in [4.69, 9.17) is 4.74 Å². The highest BCUT2D eigenvalue weighted by Gasteiger charge is 2.16. The standard InChI is InChI=1S/C16H24N2O4/c1-11(12-5-7-13(19)8-6-12)14(20)17-9-10-18-15(21)22-16(2,3)4/h5-8,11,19H,9-10H2,1-4H3,(H,17,20)(H,18,21). The predicted molar refractivity (Wildman–Crippen MR) is 83.8 cm³/mol. The molecule has 0 aliphatic carbocycles. The Hall–Kier alpha value is -2.24. The van der Waals surface area contributed by atoms with Crippen LogP contribution in [0.25, 0.3) is 0 Å². The maximum absolute atomic E-state index is 12.0. The van der Waals surface area contributed by atoms with E-state index in [1.165, 1.54) is 0 Å². The first-order valence-electron chi connectivity index (χ1n) is 7.22. The molecule has 1 atom stereocenters. The molecule has 1 aromatic rings. The molecule has 1 rings (SSSR count). The second-order valence-electron chi connectivity index (χ2n) is 6.03. The van der Waals surface area contributed by atoms with E-state index in [-0.39, 0.29) is 17.6 Å². The summed E-state index contributed by atoms with van der Waals surface area (Å²) in [5, 5.41) is 14.5. The molecular formula is C16H24N2O4. The predicted octanol–water partition coefficient (Wildman–Crippen LogP) is 2.14. The van der Waals surface area contributed by atoms with Gasteiger partial charge in [0.1, 0.15) is 11.4 Å². The van der Waals surface area contributed by atoms with Gasteiger partial charge in [0.2, 0.25) is 5.91 Å². The van der Waals surface area contributed by atoms with E-state index in [1.54, 1.807) is 52.0 Å². The number of rotatable bonds is 5. The zero-order chi connectivity index (χ0) is 16.8. The van der Waals surface area contributed by atoms with Crippen molar-refractivity contribution >= 4 is 12.0 Å². The van der Waals surface area contributed by atoms with E-state index in [9.17, 15) is 14.7 Å². The molecule has 0 spiro atoms. The van der Waals surface area contributed by atoms with Crippen LogP contribution in [-0.2, 0) is 9.53 Å². The number of phenols is 1. The highest BCUT2D eigenvalue weighted by Crippen LogP contribution is 2.18. The Morgan fingerprint density at radius 1 is 1.14 bits per heavy atom. The first kappa shape index (κ1) is 17.8. The van der Waals surface area contributed by atoms with Gasteiger partial charge in [-0.2, -0.15) is 0 Å². The molecule has 1 unspecified atom stereocenters. The van der Waals surface area contributed by atoms with Crippen molar-refractivity contribution < 1.29 is 19.4 Å². The molecule has 22 heavy (non-hydrogen) atoms. The Kier molecular flexibility index (Phi) is 6.22. The molecule has 0 aliphatic rings. The number of alkyl carbamates (subject to hydrolysis) is 1. The largest absolute Gasteiger partial charge is 0.508 e. The maximum atomic E-state index is 12.0. The Labute approximate surface area is 130 Å². The molecule has 0 aliphatic heterocycles. The fraction of sp³-hybridized carbons (Fsp3) is 0.500. The Balaban J connectivity index is 2.31. The molecule has 0 saturated carbocycles. The van der Waals surface area contributed by atoms with E-state index in [0.717, 1.165) is 5.56 Å². The third-order valence-electron chi connectivity index (χ3n) is 2.88. The molecule has 0 aromatic heterocycles. The van der Waals surface area contributed by atoms with Gasteiger partial charge in [0, 0.05) is 13.1 Å². The van der Waals surface area contributed by atoms with E-state index in [1.807, 2.05) is 0 Å². The van der Waals surface area contributed by atoms with Crippen molar-refractivity contribution in [1.82, 2.24) is 10.6 Å². The first-order chi connectivity index (χ1) is 10.2. The van der Waals surface area contributed by atoms with Crippen molar-refractivity contribution in [3.05, 3.63) is 29.8 Å². The van der Waals surface area contributed by atoms with Crippen LogP contribution in [0.4, 0.5) is 4.79 Å². The van der Waals surface area contributed by atoms with E-state index < -0.39 is 11.7 Å². The quantitative estimate of drug-likeness (QED) is 0.727. The second-order valence-corrected chi connectivity index (χ2v) is 6.03. The van der Waals surface area contributed by atoms with Crippen LogP contribution in [0.2, 0.25) is 0 Å². The van der Waals surface area contributed by atoms with Crippen LogP contribution < -0.4 is 10.6 Å². The lowest BCUT2D eigenvalue weighted by atomic mass is 10.0. The molecule has 0 heterocycles. The number of phenolic OH excluding ortho intramolecular Hbond substituents is 1. The fourth-order valence-corrected chi connectivity index (χ4v) is 1.73. The van der Waals surface area contributed by atoms with Crippen molar-refractivity contribution in [3.8, 4) is 5.75 Å². The highest BCUT2D eigenvalue weighted by atomic mass is 16.6. The summed E-state index contributed by atoms with van der Waals surface area (Å²) < 4.78 is 5.09. The Bertz CT molecular complexity index is 506. The number of carbonyl (C=O) groups excluding carboxylic acids is 2. The van der Waals surface area contributed by atoms with Crippen molar-refractivity contribution in [2.24, 2.45) is 0 Å².